The third-order valence-electron chi connectivity index (χ3n) is 11.4. The summed E-state index contributed by atoms with van der Waals surface area (Å²) in [6.45, 7) is 9.88. The number of carbonyl (C=O) groups is 2. The van der Waals surface area contributed by atoms with E-state index in [4.69, 9.17) is 9.47 Å². The van der Waals surface area contributed by atoms with E-state index in [-0.39, 0.29) is 25.3 Å². The lowest BCUT2D eigenvalue weighted by Gasteiger charge is -2.28. The minimum absolute atomic E-state index is 0. The number of piperidine rings is 1. The number of ether oxygens (including phenoxy) is 2. The Morgan fingerprint density at radius 2 is 0.922 bits per heavy atom. The molecule has 0 aromatic carbocycles. The highest BCUT2D eigenvalue weighted by Crippen LogP contribution is 2.25. The zero-order valence-corrected chi connectivity index (χ0v) is 34.3. The van der Waals surface area contributed by atoms with E-state index in [1.807, 2.05) is 0 Å². The molecule has 0 spiro atoms. The molecule has 1 fully saturated rings. The van der Waals surface area contributed by atoms with Gasteiger partial charge in [0.25, 0.3) is 0 Å². The van der Waals surface area contributed by atoms with Crippen molar-refractivity contribution in [2.75, 3.05) is 33.4 Å². The lowest BCUT2D eigenvalue weighted by Crippen LogP contribution is -2.34. The average molecular weight is 722 g/mol. The minimum Gasteiger partial charge on any atom is -0.466 e. The maximum absolute atomic E-state index is 12.8. The van der Waals surface area contributed by atoms with Gasteiger partial charge < -0.3 is 14.4 Å². The molecule has 1 atom stereocenters. The third kappa shape index (κ3) is 31.0. The predicted molar refractivity (Wildman–Crippen MR) is 221 cm³/mol. The molecular formula is C46H91NO4. The quantitative estimate of drug-likeness (QED) is 0.0476. The van der Waals surface area contributed by atoms with Gasteiger partial charge >= 0.3 is 11.9 Å². The lowest BCUT2D eigenvalue weighted by atomic mass is 9.90. The summed E-state index contributed by atoms with van der Waals surface area (Å²) in [6.07, 6.45) is 39.7. The molecule has 1 saturated heterocycles. The molecule has 1 aliphatic heterocycles. The first-order valence-corrected chi connectivity index (χ1v) is 22.5. The van der Waals surface area contributed by atoms with Crippen LogP contribution in [0.3, 0.4) is 0 Å². The van der Waals surface area contributed by atoms with Crippen molar-refractivity contribution >= 4 is 11.9 Å². The summed E-state index contributed by atoms with van der Waals surface area (Å²) in [6, 6.07) is 0. The summed E-state index contributed by atoms with van der Waals surface area (Å²) >= 11 is 0. The Kier molecular flexibility index (Phi) is 36.4. The van der Waals surface area contributed by atoms with Crippen molar-refractivity contribution in [2.24, 2.45) is 17.8 Å². The first-order chi connectivity index (χ1) is 24.5. The first-order valence-electron chi connectivity index (χ1n) is 22.5. The highest BCUT2D eigenvalue weighted by atomic mass is 16.5. The largest absolute Gasteiger partial charge is 0.466 e. The lowest BCUT2D eigenvalue weighted by molar-refractivity contribution is -0.152. The highest BCUT2D eigenvalue weighted by Gasteiger charge is 2.25. The van der Waals surface area contributed by atoms with E-state index < -0.39 is 0 Å². The van der Waals surface area contributed by atoms with Gasteiger partial charge in [-0.1, -0.05) is 182 Å². The smallest absolute Gasteiger partial charge is 0.309 e. The molecule has 0 saturated carbocycles. The summed E-state index contributed by atoms with van der Waals surface area (Å²) in [7, 11) is 2.12. The van der Waals surface area contributed by atoms with Crippen molar-refractivity contribution in [3.63, 3.8) is 0 Å². The van der Waals surface area contributed by atoms with Crippen molar-refractivity contribution in [3.05, 3.63) is 0 Å². The Morgan fingerprint density at radius 1 is 0.529 bits per heavy atom. The van der Waals surface area contributed by atoms with Crippen molar-refractivity contribution in [3.8, 4) is 0 Å². The van der Waals surface area contributed by atoms with Gasteiger partial charge in [0.2, 0.25) is 0 Å². The molecule has 0 aliphatic carbocycles. The predicted octanol–water partition coefficient (Wildman–Crippen LogP) is 14.0. The molecule has 0 aromatic heterocycles. The monoisotopic (exact) mass is 722 g/mol. The van der Waals surface area contributed by atoms with E-state index in [1.54, 1.807) is 0 Å². The van der Waals surface area contributed by atoms with Gasteiger partial charge in [-0.15, -0.1) is 0 Å². The first kappa shape index (κ1) is 49.9. The standard InChI is InChI=1S/C45H87NO4.CH4/c1-5-8-11-14-17-20-23-26-31-42(40-50-45(48)43-35-37-46(4)38-36-43)32-27-34-44(47)49-39-28-33-41(29-24-21-18-15-12-9-6-2)30-25-22-19-16-13-10-7-3;/h41-43H,5-40H2,1-4H3;1H4. The fraction of sp³-hybridized carbons (Fsp3) is 0.957. The number of rotatable bonds is 36. The van der Waals surface area contributed by atoms with Crippen LogP contribution in [-0.2, 0) is 19.1 Å². The van der Waals surface area contributed by atoms with Crippen LogP contribution in [0.4, 0.5) is 0 Å². The van der Waals surface area contributed by atoms with Crippen LogP contribution in [0.1, 0.15) is 234 Å². The van der Waals surface area contributed by atoms with Crippen molar-refractivity contribution < 1.29 is 19.1 Å². The van der Waals surface area contributed by atoms with Crippen LogP contribution in [0.2, 0.25) is 0 Å². The van der Waals surface area contributed by atoms with Crippen LogP contribution in [-0.4, -0.2) is 50.2 Å². The maximum atomic E-state index is 12.8. The molecule has 0 N–H and O–H groups in total. The Bertz CT molecular complexity index is 732. The number of likely N-dealkylation sites (tertiary alicyclic amines) is 1. The summed E-state index contributed by atoms with van der Waals surface area (Å²) in [5.74, 6) is 1.13. The molecule has 1 unspecified atom stereocenters. The number of esters is 2. The van der Waals surface area contributed by atoms with Crippen LogP contribution in [0.15, 0.2) is 0 Å². The molecule has 5 heteroatoms. The number of hydrogen-bond acceptors (Lipinski definition) is 5. The fourth-order valence-electron chi connectivity index (χ4n) is 7.82. The van der Waals surface area contributed by atoms with Crippen molar-refractivity contribution in [2.45, 2.75) is 234 Å². The van der Waals surface area contributed by atoms with Gasteiger partial charge in [-0.25, -0.2) is 0 Å². The van der Waals surface area contributed by atoms with Gasteiger partial charge in [0.15, 0.2) is 0 Å². The number of carbonyl (C=O) groups excluding carboxylic acids is 2. The Morgan fingerprint density at radius 3 is 1.39 bits per heavy atom. The van der Waals surface area contributed by atoms with Crippen LogP contribution in [0, 0.1) is 17.8 Å². The number of nitrogens with zero attached hydrogens (tertiary/aromatic N) is 1. The second-order valence-corrected chi connectivity index (χ2v) is 16.3. The zero-order chi connectivity index (χ0) is 36.3. The molecule has 304 valence electrons. The maximum Gasteiger partial charge on any atom is 0.309 e. The Balaban J connectivity index is 0.0000250. The summed E-state index contributed by atoms with van der Waals surface area (Å²) in [5.41, 5.74) is 0. The average Bonchev–Trinajstić information content (AvgIpc) is 3.12. The second kappa shape index (κ2) is 37.2. The van der Waals surface area contributed by atoms with E-state index in [0.29, 0.717) is 25.6 Å². The third-order valence-corrected chi connectivity index (χ3v) is 11.4. The molecule has 1 rings (SSSR count). The molecule has 51 heavy (non-hydrogen) atoms. The molecule has 0 amide bonds. The van der Waals surface area contributed by atoms with E-state index in [2.05, 4.69) is 32.7 Å². The van der Waals surface area contributed by atoms with E-state index in [9.17, 15) is 9.59 Å². The van der Waals surface area contributed by atoms with E-state index in [1.165, 1.54) is 161 Å². The van der Waals surface area contributed by atoms with Gasteiger partial charge in [-0.05, 0) is 76.9 Å². The van der Waals surface area contributed by atoms with Gasteiger partial charge in [-0.2, -0.15) is 0 Å². The normalized spacial score (nSPS) is 14.5. The van der Waals surface area contributed by atoms with Gasteiger partial charge in [0, 0.05) is 6.42 Å². The molecule has 0 radical (unpaired) electrons. The molecule has 5 nitrogen and oxygen atoms in total. The SMILES string of the molecule is C.CCCCCCCCCCC(CCCC(=O)OCCCC(CCCCCCCCC)CCCCCCCCC)COC(=O)C1CCN(C)CC1. The molecular weight excluding hydrogens is 631 g/mol. The van der Waals surface area contributed by atoms with Gasteiger partial charge in [-0.3, -0.25) is 9.59 Å². The highest BCUT2D eigenvalue weighted by molar-refractivity contribution is 5.72. The molecule has 0 aromatic rings. The summed E-state index contributed by atoms with van der Waals surface area (Å²) in [5, 5.41) is 0. The summed E-state index contributed by atoms with van der Waals surface area (Å²) < 4.78 is 11.6. The van der Waals surface area contributed by atoms with E-state index >= 15 is 0 Å². The van der Waals surface area contributed by atoms with Crippen molar-refractivity contribution in [1.29, 1.82) is 0 Å². The Labute approximate surface area is 319 Å². The summed E-state index contributed by atoms with van der Waals surface area (Å²) in [4.78, 5) is 27.8. The van der Waals surface area contributed by atoms with Crippen LogP contribution < -0.4 is 0 Å². The van der Waals surface area contributed by atoms with Crippen LogP contribution >= 0.6 is 0 Å². The Hall–Kier alpha value is -1.10. The second-order valence-electron chi connectivity index (χ2n) is 16.3. The van der Waals surface area contributed by atoms with E-state index in [0.717, 1.165) is 57.5 Å². The van der Waals surface area contributed by atoms with Crippen molar-refractivity contribution in [1.82, 2.24) is 4.90 Å². The van der Waals surface area contributed by atoms with Gasteiger partial charge in [0.1, 0.15) is 0 Å². The fourth-order valence-corrected chi connectivity index (χ4v) is 7.82. The topological polar surface area (TPSA) is 55.8 Å². The van der Waals surface area contributed by atoms with Crippen LogP contribution in [0.25, 0.3) is 0 Å². The van der Waals surface area contributed by atoms with Crippen LogP contribution in [0.5, 0.6) is 0 Å². The molecule has 1 heterocycles. The zero-order valence-electron chi connectivity index (χ0n) is 34.3. The van der Waals surface area contributed by atoms with Gasteiger partial charge in [0.05, 0.1) is 19.1 Å². The molecule has 0 bridgehead atoms. The minimum atomic E-state index is -0.0464. The number of unbranched alkanes of at least 4 members (excludes halogenated alkanes) is 19. The number of hydrogen-bond donors (Lipinski definition) is 0. The molecule has 1 aliphatic rings.